The smallest absolute Gasteiger partial charge is 0.119 e. The first-order chi connectivity index (χ1) is 12.2. The van der Waals surface area contributed by atoms with Crippen molar-refractivity contribution >= 4 is 6.08 Å². The first-order valence-electron chi connectivity index (χ1n) is 9.19. The molecule has 1 aliphatic rings. The van der Waals surface area contributed by atoms with E-state index < -0.39 is 0 Å². The van der Waals surface area contributed by atoms with Gasteiger partial charge in [-0.25, -0.2) is 0 Å². The Morgan fingerprint density at radius 2 is 1.88 bits per heavy atom. The summed E-state index contributed by atoms with van der Waals surface area (Å²) in [6.45, 7) is 1.14. The lowest BCUT2D eigenvalue weighted by Crippen LogP contribution is -2.29. The molecular formula is C23H29NO. The molecule has 0 unspecified atom stereocenters. The summed E-state index contributed by atoms with van der Waals surface area (Å²) < 4.78 is 5.46. The van der Waals surface area contributed by atoms with Crippen molar-refractivity contribution in [2.24, 2.45) is 5.92 Å². The van der Waals surface area contributed by atoms with Gasteiger partial charge in [-0.05, 0) is 68.5 Å². The number of rotatable bonds is 5. The van der Waals surface area contributed by atoms with E-state index in [9.17, 15) is 0 Å². The highest BCUT2D eigenvalue weighted by Crippen LogP contribution is 2.42. The Hall–Kier alpha value is -2.06. The van der Waals surface area contributed by atoms with E-state index in [1.807, 2.05) is 6.07 Å². The lowest BCUT2D eigenvalue weighted by molar-refractivity contribution is 0.256. The number of hydrogen-bond acceptors (Lipinski definition) is 2. The Labute approximate surface area is 152 Å². The predicted octanol–water partition coefficient (Wildman–Crippen LogP) is 5.22. The summed E-state index contributed by atoms with van der Waals surface area (Å²) in [5.74, 6) is 2.21. The van der Waals surface area contributed by atoms with Crippen LogP contribution in [-0.4, -0.2) is 32.6 Å². The molecule has 2 nitrogen and oxygen atoms in total. The maximum atomic E-state index is 5.46. The van der Waals surface area contributed by atoms with Gasteiger partial charge in [-0.3, -0.25) is 0 Å². The topological polar surface area (TPSA) is 12.5 Å². The van der Waals surface area contributed by atoms with Crippen molar-refractivity contribution < 1.29 is 4.74 Å². The second-order valence-corrected chi connectivity index (χ2v) is 7.36. The zero-order chi connectivity index (χ0) is 17.6. The Balaban J connectivity index is 1.86. The van der Waals surface area contributed by atoms with Crippen molar-refractivity contribution in [3.05, 3.63) is 71.3 Å². The minimum atomic E-state index is 0.557. The Kier molecular flexibility index (Phi) is 5.93. The molecule has 1 aliphatic carbocycles. The van der Waals surface area contributed by atoms with Crippen molar-refractivity contribution in [2.45, 2.75) is 25.2 Å². The molecule has 0 heterocycles. The molecule has 25 heavy (non-hydrogen) atoms. The van der Waals surface area contributed by atoms with Gasteiger partial charge in [0.2, 0.25) is 0 Å². The number of allylic oxidation sites excluding steroid dienone is 1. The van der Waals surface area contributed by atoms with Crippen LogP contribution in [0.5, 0.6) is 5.75 Å². The van der Waals surface area contributed by atoms with Gasteiger partial charge in [0, 0.05) is 6.54 Å². The first kappa shape index (κ1) is 17.8. The highest BCUT2D eigenvalue weighted by molar-refractivity contribution is 5.53. The van der Waals surface area contributed by atoms with E-state index in [1.165, 1.54) is 24.0 Å². The predicted molar refractivity (Wildman–Crippen MR) is 106 cm³/mol. The van der Waals surface area contributed by atoms with Crippen LogP contribution in [0.25, 0.3) is 6.08 Å². The van der Waals surface area contributed by atoms with Gasteiger partial charge in [-0.1, -0.05) is 54.1 Å². The molecule has 1 fully saturated rings. The quantitative estimate of drug-likeness (QED) is 0.742. The number of methoxy groups -OCH3 is 1. The van der Waals surface area contributed by atoms with Gasteiger partial charge in [0.25, 0.3) is 0 Å². The van der Waals surface area contributed by atoms with Crippen LogP contribution in [0.15, 0.2) is 60.2 Å². The van der Waals surface area contributed by atoms with E-state index in [-0.39, 0.29) is 0 Å². The zero-order valence-electron chi connectivity index (χ0n) is 15.6. The molecule has 0 radical (unpaired) electrons. The van der Waals surface area contributed by atoms with E-state index in [2.05, 4.69) is 73.6 Å². The van der Waals surface area contributed by atoms with Crippen molar-refractivity contribution in [3.8, 4) is 5.75 Å². The average Bonchev–Trinajstić information content (AvgIpc) is 2.63. The lowest BCUT2D eigenvalue weighted by Gasteiger charge is -2.35. The van der Waals surface area contributed by atoms with Crippen LogP contribution < -0.4 is 4.74 Å². The van der Waals surface area contributed by atoms with Crippen molar-refractivity contribution in [3.63, 3.8) is 0 Å². The minimum Gasteiger partial charge on any atom is -0.497 e. The maximum absolute atomic E-state index is 5.46. The summed E-state index contributed by atoms with van der Waals surface area (Å²) in [4.78, 5) is 2.32. The fourth-order valence-electron chi connectivity index (χ4n) is 3.99. The minimum absolute atomic E-state index is 0.557. The van der Waals surface area contributed by atoms with Gasteiger partial charge in [-0.15, -0.1) is 0 Å². The van der Waals surface area contributed by atoms with Crippen LogP contribution in [0.3, 0.4) is 0 Å². The molecule has 2 heteroatoms. The van der Waals surface area contributed by atoms with Crippen molar-refractivity contribution in [2.75, 3.05) is 27.7 Å². The van der Waals surface area contributed by atoms with Gasteiger partial charge in [0.1, 0.15) is 5.75 Å². The summed E-state index contributed by atoms with van der Waals surface area (Å²) in [5, 5.41) is 0. The number of benzene rings is 2. The zero-order valence-corrected chi connectivity index (χ0v) is 15.6. The van der Waals surface area contributed by atoms with Crippen LogP contribution in [0.4, 0.5) is 0 Å². The molecule has 0 aliphatic heterocycles. The van der Waals surface area contributed by atoms with E-state index in [0.29, 0.717) is 11.8 Å². The molecule has 2 aromatic carbocycles. The van der Waals surface area contributed by atoms with Gasteiger partial charge in [0.15, 0.2) is 0 Å². The molecule has 132 valence electrons. The SMILES string of the molecule is COc1cccc([C@@H]2C/C(=C\c3ccccc3)CC[C@H]2CN(C)C)c1. The summed E-state index contributed by atoms with van der Waals surface area (Å²) in [7, 11) is 6.11. The molecule has 0 N–H and O–H groups in total. The van der Waals surface area contributed by atoms with Crippen molar-refractivity contribution in [1.29, 1.82) is 0 Å². The molecule has 1 saturated carbocycles. The maximum Gasteiger partial charge on any atom is 0.119 e. The number of nitrogens with zero attached hydrogens (tertiary/aromatic N) is 1. The molecule has 0 saturated heterocycles. The van der Waals surface area contributed by atoms with Gasteiger partial charge >= 0.3 is 0 Å². The molecule has 0 aromatic heterocycles. The molecule has 0 spiro atoms. The Morgan fingerprint density at radius 3 is 2.60 bits per heavy atom. The normalized spacial score (nSPS) is 22.3. The number of hydrogen-bond donors (Lipinski definition) is 0. The van der Waals surface area contributed by atoms with E-state index >= 15 is 0 Å². The average molecular weight is 335 g/mol. The highest BCUT2D eigenvalue weighted by Gasteiger charge is 2.29. The van der Waals surface area contributed by atoms with Crippen LogP contribution in [0.1, 0.15) is 36.3 Å². The van der Waals surface area contributed by atoms with E-state index in [1.54, 1.807) is 12.7 Å². The van der Waals surface area contributed by atoms with Gasteiger partial charge in [0.05, 0.1) is 7.11 Å². The largest absolute Gasteiger partial charge is 0.497 e. The van der Waals surface area contributed by atoms with Crippen LogP contribution >= 0.6 is 0 Å². The summed E-state index contributed by atoms with van der Waals surface area (Å²) in [6, 6.07) is 19.3. The van der Waals surface area contributed by atoms with Crippen molar-refractivity contribution in [1.82, 2.24) is 4.90 Å². The molecule has 2 aromatic rings. The highest BCUT2D eigenvalue weighted by atomic mass is 16.5. The second kappa shape index (κ2) is 8.35. The first-order valence-corrected chi connectivity index (χ1v) is 9.19. The fraction of sp³-hybridized carbons (Fsp3) is 0.391. The molecule has 0 bridgehead atoms. The van der Waals surface area contributed by atoms with Crippen LogP contribution in [0, 0.1) is 5.92 Å². The lowest BCUT2D eigenvalue weighted by atomic mass is 9.73. The molecule has 0 amide bonds. The summed E-state index contributed by atoms with van der Waals surface area (Å²) >= 11 is 0. The van der Waals surface area contributed by atoms with Gasteiger partial charge in [-0.2, -0.15) is 0 Å². The molecule has 2 atom stereocenters. The van der Waals surface area contributed by atoms with Crippen LogP contribution in [0.2, 0.25) is 0 Å². The fourth-order valence-corrected chi connectivity index (χ4v) is 3.99. The molecule has 3 rings (SSSR count). The third kappa shape index (κ3) is 4.73. The van der Waals surface area contributed by atoms with E-state index in [0.717, 1.165) is 18.7 Å². The monoisotopic (exact) mass is 335 g/mol. The second-order valence-electron chi connectivity index (χ2n) is 7.36. The molecular weight excluding hydrogens is 306 g/mol. The van der Waals surface area contributed by atoms with Crippen LogP contribution in [-0.2, 0) is 0 Å². The van der Waals surface area contributed by atoms with E-state index in [4.69, 9.17) is 4.74 Å². The Morgan fingerprint density at radius 1 is 1.08 bits per heavy atom. The Bertz CT molecular complexity index is 705. The standard InChI is InChI=1S/C23H29NO/c1-24(2)17-21-13-12-19(14-18-8-5-4-6-9-18)15-23(21)20-10-7-11-22(16-20)25-3/h4-11,14,16,21,23H,12-13,15,17H2,1-3H3/b19-14-/t21-,23-/m0/s1. The van der Waals surface area contributed by atoms with Gasteiger partial charge < -0.3 is 9.64 Å². The summed E-state index contributed by atoms with van der Waals surface area (Å²) in [5.41, 5.74) is 4.28. The third-order valence-electron chi connectivity index (χ3n) is 5.18. The summed E-state index contributed by atoms with van der Waals surface area (Å²) in [6.07, 6.45) is 5.98. The third-order valence-corrected chi connectivity index (χ3v) is 5.18. The number of ether oxygens (including phenoxy) is 1.